The molecule has 0 unspecified atom stereocenters. The Balaban J connectivity index is 2.06. The first-order valence-corrected chi connectivity index (χ1v) is 7.13. The van der Waals surface area contributed by atoms with Crippen LogP contribution in [0.4, 0.5) is 5.13 Å². The average Bonchev–Trinajstić information content (AvgIpc) is 2.75. The van der Waals surface area contributed by atoms with Crippen molar-refractivity contribution in [1.82, 2.24) is 10.2 Å². The van der Waals surface area contributed by atoms with E-state index >= 15 is 0 Å². The van der Waals surface area contributed by atoms with E-state index in [1.807, 2.05) is 40.0 Å². The fraction of sp³-hybridized carbons (Fsp3) is 0.429. The number of hydrogen-bond acceptors (Lipinski definition) is 5. The zero-order chi connectivity index (χ0) is 13.8. The lowest BCUT2D eigenvalue weighted by atomic mass is 10.2. The average molecular weight is 277 g/mol. The number of nitrogens with zero attached hydrogens (tertiary/aromatic N) is 3. The van der Waals surface area contributed by atoms with Gasteiger partial charge in [-0.2, -0.15) is 0 Å². The summed E-state index contributed by atoms with van der Waals surface area (Å²) in [6.07, 6.45) is 0.193. The SMILES string of the molecule is Cc1nnc(N(C)Cc2cccc(OC(C)C)c2)s1. The van der Waals surface area contributed by atoms with Gasteiger partial charge in [0.1, 0.15) is 10.8 Å². The van der Waals surface area contributed by atoms with Crippen molar-refractivity contribution < 1.29 is 4.74 Å². The zero-order valence-electron chi connectivity index (χ0n) is 11.8. The summed E-state index contributed by atoms with van der Waals surface area (Å²) in [5.74, 6) is 0.911. The van der Waals surface area contributed by atoms with Crippen molar-refractivity contribution in [2.24, 2.45) is 0 Å². The molecule has 0 N–H and O–H groups in total. The molecule has 0 aliphatic carbocycles. The van der Waals surface area contributed by atoms with Crippen LogP contribution in [0.5, 0.6) is 5.75 Å². The summed E-state index contributed by atoms with van der Waals surface area (Å²) in [5, 5.41) is 10.1. The summed E-state index contributed by atoms with van der Waals surface area (Å²) in [6.45, 7) is 6.82. The van der Waals surface area contributed by atoms with Gasteiger partial charge in [0.15, 0.2) is 0 Å². The summed E-state index contributed by atoms with van der Waals surface area (Å²) in [5.41, 5.74) is 1.20. The first kappa shape index (κ1) is 13.8. The van der Waals surface area contributed by atoms with E-state index in [0.29, 0.717) is 0 Å². The van der Waals surface area contributed by atoms with Gasteiger partial charge in [0, 0.05) is 13.6 Å². The van der Waals surface area contributed by atoms with Crippen molar-refractivity contribution in [3.05, 3.63) is 34.8 Å². The third-order valence-corrected chi connectivity index (χ3v) is 3.48. The predicted molar refractivity (Wildman–Crippen MR) is 79.0 cm³/mol. The van der Waals surface area contributed by atoms with Gasteiger partial charge in [0.2, 0.25) is 5.13 Å². The van der Waals surface area contributed by atoms with Crippen LogP contribution in [0.15, 0.2) is 24.3 Å². The van der Waals surface area contributed by atoms with E-state index in [2.05, 4.69) is 27.2 Å². The number of anilines is 1. The van der Waals surface area contributed by atoms with Gasteiger partial charge < -0.3 is 9.64 Å². The van der Waals surface area contributed by atoms with Crippen LogP contribution in [0.25, 0.3) is 0 Å². The molecule has 0 radical (unpaired) electrons. The molecular formula is C14H19N3OS. The molecule has 0 saturated heterocycles. The highest BCUT2D eigenvalue weighted by molar-refractivity contribution is 7.15. The number of rotatable bonds is 5. The van der Waals surface area contributed by atoms with Crippen molar-refractivity contribution in [3.63, 3.8) is 0 Å². The molecule has 19 heavy (non-hydrogen) atoms. The van der Waals surface area contributed by atoms with Crippen molar-refractivity contribution in [2.75, 3.05) is 11.9 Å². The molecule has 1 aromatic heterocycles. The van der Waals surface area contributed by atoms with E-state index in [1.54, 1.807) is 11.3 Å². The Labute approximate surface area is 118 Å². The summed E-state index contributed by atoms with van der Waals surface area (Å²) in [7, 11) is 2.02. The number of aryl methyl sites for hydroxylation is 1. The van der Waals surface area contributed by atoms with Crippen LogP contribution < -0.4 is 9.64 Å². The van der Waals surface area contributed by atoms with Crippen LogP contribution in [-0.4, -0.2) is 23.3 Å². The lowest BCUT2D eigenvalue weighted by Gasteiger charge is -2.16. The summed E-state index contributed by atoms with van der Waals surface area (Å²) in [6, 6.07) is 8.17. The molecule has 0 bridgehead atoms. The maximum atomic E-state index is 5.70. The molecule has 4 nitrogen and oxygen atoms in total. The third kappa shape index (κ3) is 3.92. The van der Waals surface area contributed by atoms with Gasteiger partial charge in [-0.05, 0) is 38.5 Å². The quantitative estimate of drug-likeness (QED) is 0.840. The smallest absolute Gasteiger partial charge is 0.208 e. The summed E-state index contributed by atoms with van der Waals surface area (Å²) < 4.78 is 5.70. The van der Waals surface area contributed by atoms with E-state index < -0.39 is 0 Å². The highest BCUT2D eigenvalue weighted by Gasteiger charge is 2.08. The molecule has 2 aromatic rings. The van der Waals surface area contributed by atoms with Gasteiger partial charge in [-0.25, -0.2) is 0 Å². The Hall–Kier alpha value is -1.62. The van der Waals surface area contributed by atoms with Gasteiger partial charge in [0.25, 0.3) is 0 Å². The van der Waals surface area contributed by atoms with Gasteiger partial charge in [-0.15, -0.1) is 10.2 Å². The van der Waals surface area contributed by atoms with Crippen molar-refractivity contribution >= 4 is 16.5 Å². The van der Waals surface area contributed by atoms with Crippen LogP contribution in [0, 0.1) is 6.92 Å². The van der Waals surface area contributed by atoms with Gasteiger partial charge in [0.05, 0.1) is 6.10 Å². The van der Waals surface area contributed by atoms with Crippen LogP contribution in [0.2, 0.25) is 0 Å². The molecule has 5 heteroatoms. The Kier molecular flexibility index (Phi) is 4.37. The number of ether oxygens (including phenoxy) is 1. The van der Waals surface area contributed by atoms with E-state index in [0.717, 1.165) is 22.4 Å². The third-order valence-electron chi connectivity index (χ3n) is 2.53. The van der Waals surface area contributed by atoms with Gasteiger partial charge in [-0.1, -0.05) is 23.5 Å². The van der Waals surface area contributed by atoms with Gasteiger partial charge in [-0.3, -0.25) is 0 Å². The molecule has 0 saturated carbocycles. The molecule has 1 aromatic carbocycles. The molecule has 1 heterocycles. The molecule has 102 valence electrons. The minimum Gasteiger partial charge on any atom is -0.491 e. The second-order valence-corrected chi connectivity index (χ2v) is 5.93. The maximum absolute atomic E-state index is 5.70. The van der Waals surface area contributed by atoms with E-state index in [1.165, 1.54) is 5.56 Å². The normalized spacial score (nSPS) is 10.8. The Morgan fingerprint density at radius 3 is 2.74 bits per heavy atom. The monoisotopic (exact) mass is 277 g/mol. The van der Waals surface area contributed by atoms with Crippen molar-refractivity contribution in [2.45, 2.75) is 33.4 Å². The van der Waals surface area contributed by atoms with Gasteiger partial charge >= 0.3 is 0 Å². The lowest BCUT2D eigenvalue weighted by Crippen LogP contribution is -2.16. The number of hydrogen-bond donors (Lipinski definition) is 0. The lowest BCUT2D eigenvalue weighted by molar-refractivity contribution is 0.242. The van der Waals surface area contributed by atoms with Crippen molar-refractivity contribution in [1.29, 1.82) is 0 Å². The molecule has 0 atom stereocenters. The topological polar surface area (TPSA) is 38.2 Å². The van der Waals surface area contributed by atoms with E-state index in [9.17, 15) is 0 Å². The number of benzene rings is 1. The molecule has 0 amide bonds. The maximum Gasteiger partial charge on any atom is 0.208 e. The summed E-state index contributed by atoms with van der Waals surface area (Å²) in [4.78, 5) is 2.10. The Bertz CT molecular complexity index is 539. The van der Waals surface area contributed by atoms with Crippen LogP contribution in [0.1, 0.15) is 24.4 Å². The summed E-state index contributed by atoms with van der Waals surface area (Å²) >= 11 is 1.60. The highest BCUT2D eigenvalue weighted by Crippen LogP contribution is 2.21. The Morgan fingerprint density at radius 1 is 1.32 bits per heavy atom. The molecule has 0 aliphatic heterocycles. The number of aromatic nitrogens is 2. The fourth-order valence-corrected chi connectivity index (χ4v) is 2.42. The van der Waals surface area contributed by atoms with E-state index in [4.69, 9.17) is 4.74 Å². The molecule has 0 fully saturated rings. The zero-order valence-corrected chi connectivity index (χ0v) is 12.6. The standard InChI is InChI=1S/C14H19N3OS/c1-10(2)18-13-7-5-6-12(8-13)9-17(4)14-16-15-11(3)19-14/h5-8,10H,9H2,1-4H3. The second kappa shape index (κ2) is 6.02. The largest absolute Gasteiger partial charge is 0.491 e. The minimum atomic E-state index is 0.193. The Morgan fingerprint density at radius 2 is 2.11 bits per heavy atom. The first-order valence-electron chi connectivity index (χ1n) is 6.31. The van der Waals surface area contributed by atoms with Crippen LogP contribution in [0.3, 0.4) is 0 Å². The predicted octanol–water partition coefficient (Wildman–Crippen LogP) is 3.27. The first-order chi connectivity index (χ1) is 9.04. The minimum absolute atomic E-state index is 0.193. The van der Waals surface area contributed by atoms with Crippen LogP contribution in [-0.2, 0) is 6.54 Å². The molecule has 2 rings (SSSR count). The highest BCUT2D eigenvalue weighted by atomic mass is 32.1. The van der Waals surface area contributed by atoms with Crippen LogP contribution >= 0.6 is 11.3 Å². The molecule has 0 spiro atoms. The fourth-order valence-electron chi connectivity index (χ4n) is 1.77. The molecule has 0 aliphatic rings. The van der Waals surface area contributed by atoms with E-state index in [-0.39, 0.29) is 6.10 Å². The van der Waals surface area contributed by atoms with Crippen molar-refractivity contribution in [3.8, 4) is 5.75 Å². The molecular weight excluding hydrogens is 258 g/mol. The second-order valence-electron chi connectivity index (χ2n) is 4.77.